The van der Waals surface area contributed by atoms with Crippen molar-refractivity contribution in [2.45, 2.75) is 19.4 Å². The topological polar surface area (TPSA) is 82.1 Å². The summed E-state index contributed by atoms with van der Waals surface area (Å²) < 4.78 is 6.73. The Kier molecular flexibility index (Phi) is 7.52. The molecule has 1 aromatic rings. The predicted molar refractivity (Wildman–Crippen MR) is 97.9 cm³/mol. The van der Waals surface area contributed by atoms with Gasteiger partial charge in [-0.2, -0.15) is 0 Å². The normalized spacial score (nSPS) is 16.3. The molecule has 0 saturated carbocycles. The van der Waals surface area contributed by atoms with Gasteiger partial charge in [0.15, 0.2) is 0 Å². The zero-order valence-electron chi connectivity index (χ0n) is 14.3. The van der Waals surface area contributed by atoms with Crippen LogP contribution >= 0.6 is 15.9 Å². The van der Waals surface area contributed by atoms with Crippen LogP contribution in [0.4, 0.5) is 4.79 Å². The molecule has 138 valence electrons. The number of nitrogens with one attached hydrogen (secondary N) is 1. The van der Waals surface area contributed by atoms with Crippen molar-refractivity contribution >= 4 is 27.9 Å². The van der Waals surface area contributed by atoms with Crippen molar-refractivity contribution in [3.8, 4) is 5.75 Å². The van der Waals surface area contributed by atoms with Crippen molar-refractivity contribution < 1.29 is 19.4 Å². The van der Waals surface area contributed by atoms with Crippen LogP contribution in [0, 0.1) is 0 Å². The van der Waals surface area contributed by atoms with E-state index < -0.39 is 12.1 Å². The van der Waals surface area contributed by atoms with E-state index in [1.807, 2.05) is 24.3 Å². The van der Waals surface area contributed by atoms with E-state index in [1.54, 1.807) is 11.8 Å². The number of ether oxygens (including phenoxy) is 1. The van der Waals surface area contributed by atoms with Crippen LogP contribution < -0.4 is 10.1 Å². The number of benzene rings is 1. The van der Waals surface area contributed by atoms with Crippen LogP contribution in [0.15, 0.2) is 28.7 Å². The Balaban J connectivity index is 1.62. The molecule has 0 unspecified atom stereocenters. The van der Waals surface area contributed by atoms with Crippen molar-refractivity contribution in [3.05, 3.63) is 28.7 Å². The third-order valence-electron chi connectivity index (χ3n) is 4.10. The van der Waals surface area contributed by atoms with Gasteiger partial charge in [-0.1, -0.05) is 15.9 Å². The van der Waals surface area contributed by atoms with E-state index in [9.17, 15) is 9.59 Å². The third kappa shape index (κ3) is 6.55. The van der Waals surface area contributed by atoms with Gasteiger partial charge in [0.1, 0.15) is 11.8 Å². The minimum absolute atomic E-state index is 0.166. The van der Waals surface area contributed by atoms with E-state index in [4.69, 9.17) is 9.84 Å². The summed E-state index contributed by atoms with van der Waals surface area (Å²) in [6, 6.07) is 7.06. The molecular formula is C17H24BrN3O4. The Morgan fingerprint density at radius 3 is 2.48 bits per heavy atom. The first-order chi connectivity index (χ1) is 12.0. The second-order valence-corrected chi connectivity index (χ2v) is 6.91. The molecule has 0 bridgehead atoms. The minimum atomic E-state index is -1.18. The lowest BCUT2D eigenvalue weighted by Gasteiger charge is -2.35. The largest absolute Gasteiger partial charge is 0.494 e. The molecule has 1 heterocycles. The number of piperazine rings is 1. The smallest absolute Gasteiger partial charge is 0.405 e. The Labute approximate surface area is 156 Å². The molecular weight excluding hydrogens is 390 g/mol. The van der Waals surface area contributed by atoms with Crippen LogP contribution in [0.1, 0.15) is 13.3 Å². The lowest BCUT2D eigenvalue weighted by Crippen LogP contribution is -2.54. The molecule has 0 spiro atoms. The highest BCUT2D eigenvalue weighted by molar-refractivity contribution is 9.10. The van der Waals surface area contributed by atoms with Gasteiger partial charge < -0.3 is 20.1 Å². The minimum Gasteiger partial charge on any atom is -0.494 e. The van der Waals surface area contributed by atoms with Crippen molar-refractivity contribution in [3.63, 3.8) is 0 Å². The molecule has 0 aromatic heterocycles. The SMILES string of the molecule is C[C@@H](NC(=O)O)C(=O)N1CCN(CCCOc2ccc(Br)cc2)CC1. The van der Waals surface area contributed by atoms with Gasteiger partial charge >= 0.3 is 6.09 Å². The maximum Gasteiger partial charge on any atom is 0.405 e. The predicted octanol–water partition coefficient (Wildman–Crippen LogP) is 2.02. The van der Waals surface area contributed by atoms with E-state index in [0.717, 1.165) is 36.3 Å². The highest BCUT2D eigenvalue weighted by Gasteiger charge is 2.25. The monoisotopic (exact) mass is 413 g/mol. The number of carbonyl (C=O) groups excluding carboxylic acids is 1. The Hall–Kier alpha value is -1.80. The first kappa shape index (κ1) is 19.5. The van der Waals surface area contributed by atoms with Gasteiger partial charge in [0.05, 0.1) is 6.61 Å². The number of hydrogen-bond donors (Lipinski definition) is 2. The molecule has 8 heteroatoms. The number of rotatable bonds is 7. The molecule has 1 aliphatic rings. The average Bonchev–Trinajstić information content (AvgIpc) is 2.59. The molecule has 0 aliphatic carbocycles. The van der Waals surface area contributed by atoms with Gasteiger partial charge in [-0.3, -0.25) is 9.69 Å². The van der Waals surface area contributed by atoms with Crippen LogP contribution in [0.3, 0.4) is 0 Å². The molecule has 2 N–H and O–H groups in total. The maximum atomic E-state index is 12.1. The average molecular weight is 414 g/mol. The molecule has 0 radical (unpaired) electrons. The van der Waals surface area contributed by atoms with E-state index in [-0.39, 0.29) is 5.91 Å². The molecule has 1 atom stereocenters. The Morgan fingerprint density at radius 2 is 1.88 bits per heavy atom. The summed E-state index contributed by atoms with van der Waals surface area (Å²) in [6.07, 6.45) is -0.258. The molecule has 1 saturated heterocycles. The van der Waals surface area contributed by atoms with Crippen LogP contribution in [0.5, 0.6) is 5.75 Å². The fraction of sp³-hybridized carbons (Fsp3) is 0.529. The molecule has 1 aromatic carbocycles. The van der Waals surface area contributed by atoms with E-state index in [2.05, 4.69) is 26.1 Å². The van der Waals surface area contributed by atoms with Crippen molar-refractivity contribution in [2.75, 3.05) is 39.3 Å². The van der Waals surface area contributed by atoms with Crippen LogP contribution in [0.2, 0.25) is 0 Å². The number of nitrogens with zero attached hydrogens (tertiary/aromatic N) is 2. The Morgan fingerprint density at radius 1 is 1.24 bits per heavy atom. The fourth-order valence-electron chi connectivity index (χ4n) is 2.72. The summed E-state index contributed by atoms with van der Waals surface area (Å²) in [4.78, 5) is 26.8. The molecule has 1 fully saturated rings. The first-order valence-electron chi connectivity index (χ1n) is 8.34. The lowest BCUT2D eigenvalue weighted by atomic mass is 10.2. The van der Waals surface area contributed by atoms with Gasteiger partial charge in [0, 0.05) is 37.2 Å². The highest BCUT2D eigenvalue weighted by atomic mass is 79.9. The van der Waals surface area contributed by atoms with Gasteiger partial charge in [0.2, 0.25) is 5.91 Å². The van der Waals surface area contributed by atoms with Gasteiger partial charge in [-0.25, -0.2) is 4.79 Å². The number of halogens is 1. The number of carboxylic acid groups (broad SMARTS) is 1. The molecule has 2 rings (SSSR count). The van der Waals surface area contributed by atoms with E-state index >= 15 is 0 Å². The number of amides is 2. The van der Waals surface area contributed by atoms with E-state index in [0.29, 0.717) is 19.7 Å². The van der Waals surface area contributed by atoms with Gasteiger partial charge in [-0.15, -0.1) is 0 Å². The third-order valence-corrected chi connectivity index (χ3v) is 4.62. The lowest BCUT2D eigenvalue weighted by molar-refractivity contribution is -0.134. The second kappa shape index (κ2) is 9.62. The summed E-state index contributed by atoms with van der Waals surface area (Å²) >= 11 is 3.39. The molecule has 1 aliphatic heterocycles. The zero-order chi connectivity index (χ0) is 18.2. The zero-order valence-corrected chi connectivity index (χ0v) is 15.9. The van der Waals surface area contributed by atoms with Crippen molar-refractivity contribution in [2.24, 2.45) is 0 Å². The summed E-state index contributed by atoms with van der Waals surface area (Å²) in [5, 5.41) is 10.9. The molecule has 7 nitrogen and oxygen atoms in total. The van der Waals surface area contributed by atoms with Gasteiger partial charge in [-0.05, 0) is 37.6 Å². The second-order valence-electron chi connectivity index (χ2n) is 5.99. The molecule has 25 heavy (non-hydrogen) atoms. The van der Waals surface area contributed by atoms with E-state index in [1.165, 1.54) is 0 Å². The quantitative estimate of drug-likeness (QED) is 0.668. The first-order valence-corrected chi connectivity index (χ1v) is 9.14. The van der Waals surface area contributed by atoms with Crippen LogP contribution in [0.25, 0.3) is 0 Å². The van der Waals surface area contributed by atoms with Crippen LogP contribution in [-0.2, 0) is 4.79 Å². The summed E-state index contributed by atoms with van der Waals surface area (Å²) in [5.74, 6) is 0.694. The van der Waals surface area contributed by atoms with Crippen molar-refractivity contribution in [1.29, 1.82) is 0 Å². The summed E-state index contributed by atoms with van der Waals surface area (Å²) in [6.45, 7) is 5.98. The van der Waals surface area contributed by atoms with Crippen LogP contribution in [-0.4, -0.2) is 72.3 Å². The standard InChI is InChI=1S/C17H24BrN3O4/c1-13(19-17(23)24)16(22)21-10-8-20(9-11-21)7-2-12-25-15-5-3-14(18)4-6-15/h3-6,13,19H,2,7-12H2,1H3,(H,23,24)/t13-/m1/s1. The molecule has 2 amide bonds. The van der Waals surface area contributed by atoms with Gasteiger partial charge in [0.25, 0.3) is 0 Å². The maximum absolute atomic E-state index is 12.1. The number of hydrogen-bond acceptors (Lipinski definition) is 4. The number of carbonyl (C=O) groups is 2. The Bertz CT molecular complexity index is 574. The highest BCUT2D eigenvalue weighted by Crippen LogP contribution is 2.16. The fourth-order valence-corrected chi connectivity index (χ4v) is 2.99. The van der Waals surface area contributed by atoms with Crippen molar-refractivity contribution in [1.82, 2.24) is 15.1 Å². The summed E-state index contributed by atoms with van der Waals surface area (Å²) in [5.41, 5.74) is 0. The summed E-state index contributed by atoms with van der Waals surface area (Å²) in [7, 11) is 0.